The van der Waals surface area contributed by atoms with Crippen LogP contribution in [0.4, 0.5) is 0 Å². The van der Waals surface area contributed by atoms with Gasteiger partial charge in [0.1, 0.15) is 7.85 Å². The maximum absolute atomic E-state index is 5.50. The molecule has 1 saturated heterocycles. The number of aromatic nitrogens is 2. The van der Waals surface area contributed by atoms with E-state index in [1.807, 2.05) is 24.7 Å². The number of nitrogens with zero attached hydrogens (tertiary/aromatic N) is 2. The van der Waals surface area contributed by atoms with Gasteiger partial charge in [0.2, 0.25) is 0 Å². The molecule has 4 rings (SSSR count). The first kappa shape index (κ1) is 21.1. The zero-order valence-electron chi connectivity index (χ0n) is 17.3. The Balaban J connectivity index is 0.000000166. The van der Waals surface area contributed by atoms with Gasteiger partial charge in [-0.05, 0) is 23.1 Å². The molecule has 0 N–H and O–H groups in total. The molecule has 0 amide bonds. The zero-order chi connectivity index (χ0) is 20.3. The molecule has 3 aromatic rings. The molecule has 1 aromatic heterocycles. The van der Waals surface area contributed by atoms with Gasteiger partial charge in [0.15, 0.2) is 6.29 Å². The minimum atomic E-state index is -0.0256. The summed E-state index contributed by atoms with van der Waals surface area (Å²) in [5, 5.41) is 0. The second kappa shape index (κ2) is 11.4. The summed E-state index contributed by atoms with van der Waals surface area (Å²) in [5.41, 5.74) is 3.83. The van der Waals surface area contributed by atoms with E-state index in [4.69, 9.17) is 9.47 Å². The zero-order valence-corrected chi connectivity index (χ0v) is 17.3. The lowest BCUT2D eigenvalue weighted by molar-refractivity contribution is -0.0884. The number of benzene rings is 2. The van der Waals surface area contributed by atoms with Gasteiger partial charge < -0.3 is 14.0 Å². The standard InChI is InChI=1S/C14H13B.C10H16N2O2/c15-11-14(12-7-3-1-4-8-12)13-9-5-2-6-10-13;1-2-9(10-13-5-6-14-10)7-12-4-3-11-8-12/h1-11H,15H2;3-4,8-10H,2,5-7H2,1H3. The molecule has 1 unspecified atom stereocenters. The van der Waals surface area contributed by atoms with Crippen LogP contribution in [0.15, 0.2) is 85.4 Å². The van der Waals surface area contributed by atoms with E-state index in [-0.39, 0.29) is 6.29 Å². The Kier molecular flexibility index (Phi) is 8.29. The van der Waals surface area contributed by atoms with E-state index in [2.05, 4.69) is 78.8 Å². The maximum atomic E-state index is 5.50. The highest BCUT2D eigenvalue weighted by Gasteiger charge is 2.25. The molecule has 1 aliphatic heterocycles. The van der Waals surface area contributed by atoms with E-state index in [9.17, 15) is 0 Å². The van der Waals surface area contributed by atoms with Gasteiger partial charge in [-0.15, -0.1) is 5.98 Å². The average Bonchev–Trinajstić information content (AvgIpc) is 3.49. The molecule has 1 aliphatic rings. The topological polar surface area (TPSA) is 36.3 Å². The molecular formula is C24H29BN2O2. The van der Waals surface area contributed by atoms with E-state index >= 15 is 0 Å². The third-order valence-electron chi connectivity index (χ3n) is 5.02. The molecule has 0 aliphatic carbocycles. The average molecular weight is 388 g/mol. The Hall–Kier alpha value is -2.63. The van der Waals surface area contributed by atoms with Crippen LogP contribution in [-0.4, -0.2) is 36.9 Å². The molecule has 2 aromatic carbocycles. The van der Waals surface area contributed by atoms with Gasteiger partial charge in [0.05, 0.1) is 19.5 Å². The Morgan fingerprint density at radius 2 is 1.66 bits per heavy atom. The predicted molar refractivity (Wildman–Crippen MR) is 120 cm³/mol. The highest BCUT2D eigenvalue weighted by Crippen LogP contribution is 2.22. The summed E-state index contributed by atoms with van der Waals surface area (Å²) in [6.45, 7) is 4.53. The molecule has 150 valence electrons. The van der Waals surface area contributed by atoms with Crippen LogP contribution < -0.4 is 0 Å². The Morgan fingerprint density at radius 1 is 1.07 bits per heavy atom. The first-order valence-corrected chi connectivity index (χ1v) is 10.3. The second-order valence-electron chi connectivity index (χ2n) is 6.97. The van der Waals surface area contributed by atoms with Crippen LogP contribution in [0.2, 0.25) is 0 Å². The molecule has 5 heteroatoms. The van der Waals surface area contributed by atoms with Gasteiger partial charge in [-0.1, -0.05) is 67.6 Å². The van der Waals surface area contributed by atoms with E-state index in [0.717, 1.165) is 26.2 Å². The number of hydrogen-bond donors (Lipinski definition) is 0. The summed E-state index contributed by atoms with van der Waals surface area (Å²) in [6.07, 6.45) is 6.63. The smallest absolute Gasteiger partial charge is 0.162 e. The van der Waals surface area contributed by atoms with Crippen molar-refractivity contribution in [2.45, 2.75) is 26.2 Å². The van der Waals surface area contributed by atoms with Gasteiger partial charge in [-0.3, -0.25) is 0 Å². The monoisotopic (exact) mass is 388 g/mol. The van der Waals surface area contributed by atoms with Crippen LogP contribution in [0.25, 0.3) is 5.57 Å². The molecular weight excluding hydrogens is 359 g/mol. The largest absolute Gasteiger partial charge is 0.350 e. The molecule has 4 nitrogen and oxygen atoms in total. The molecule has 0 bridgehead atoms. The van der Waals surface area contributed by atoms with Crippen LogP contribution in [0.5, 0.6) is 0 Å². The Labute approximate surface area is 174 Å². The van der Waals surface area contributed by atoms with E-state index < -0.39 is 0 Å². The van der Waals surface area contributed by atoms with Crippen molar-refractivity contribution in [3.05, 3.63) is 96.5 Å². The molecule has 29 heavy (non-hydrogen) atoms. The van der Waals surface area contributed by atoms with Gasteiger partial charge in [-0.25, -0.2) is 4.98 Å². The van der Waals surface area contributed by atoms with Crippen LogP contribution >= 0.6 is 0 Å². The van der Waals surface area contributed by atoms with Crippen molar-refractivity contribution in [1.82, 2.24) is 9.55 Å². The van der Waals surface area contributed by atoms with Crippen LogP contribution in [-0.2, 0) is 16.0 Å². The number of rotatable bonds is 6. The number of ether oxygens (including phenoxy) is 2. The van der Waals surface area contributed by atoms with E-state index in [1.165, 1.54) is 16.7 Å². The lowest BCUT2D eigenvalue weighted by Crippen LogP contribution is -2.25. The highest BCUT2D eigenvalue weighted by atomic mass is 16.7. The van der Waals surface area contributed by atoms with Gasteiger partial charge in [-0.2, -0.15) is 0 Å². The molecule has 1 fully saturated rings. The minimum Gasteiger partial charge on any atom is -0.350 e. The maximum Gasteiger partial charge on any atom is 0.162 e. The van der Waals surface area contributed by atoms with Crippen molar-refractivity contribution >= 4 is 13.4 Å². The summed E-state index contributed by atoms with van der Waals surface area (Å²) < 4.78 is 13.1. The summed E-state index contributed by atoms with van der Waals surface area (Å²) >= 11 is 0. The fourth-order valence-electron chi connectivity index (χ4n) is 3.46. The van der Waals surface area contributed by atoms with Crippen molar-refractivity contribution in [2.24, 2.45) is 5.92 Å². The lowest BCUT2D eigenvalue weighted by Gasteiger charge is -2.20. The van der Waals surface area contributed by atoms with Crippen molar-refractivity contribution in [3.63, 3.8) is 0 Å². The molecule has 1 atom stereocenters. The van der Waals surface area contributed by atoms with Crippen LogP contribution in [0.1, 0.15) is 24.5 Å². The van der Waals surface area contributed by atoms with Crippen molar-refractivity contribution < 1.29 is 9.47 Å². The third-order valence-corrected chi connectivity index (χ3v) is 5.02. The summed E-state index contributed by atoms with van der Waals surface area (Å²) in [5.74, 6) is 2.58. The first-order chi connectivity index (χ1) is 14.3. The fraction of sp³-hybridized carbons (Fsp3) is 0.292. The predicted octanol–water partition coefficient (Wildman–Crippen LogP) is 3.99. The quantitative estimate of drug-likeness (QED) is 0.599. The Bertz CT molecular complexity index is 804. The van der Waals surface area contributed by atoms with Gasteiger partial charge in [0.25, 0.3) is 0 Å². The summed E-state index contributed by atoms with van der Waals surface area (Å²) in [4.78, 5) is 4.02. The minimum absolute atomic E-state index is 0.0256. The fourth-order valence-corrected chi connectivity index (χ4v) is 3.46. The molecule has 0 spiro atoms. The third kappa shape index (κ3) is 6.18. The number of imidazole rings is 1. The van der Waals surface area contributed by atoms with Crippen molar-refractivity contribution in [1.29, 1.82) is 0 Å². The lowest BCUT2D eigenvalue weighted by atomic mass is 9.92. The first-order valence-electron chi connectivity index (χ1n) is 10.3. The number of hydrogen-bond acceptors (Lipinski definition) is 3. The highest BCUT2D eigenvalue weighted by molar-refractivity contribution is 6.21. The second-order valence-corrected chi connectivity index (χ2v) is 6.97. The normalized spacial score (nSPS) is 14.7. The van der Waals surface area contributed by atoms with Gasteiger partial charge >= 0.3 is 0 Å². The van der Waals surface area contributed by atoms with Crippen LogP contribution in [0, 0.1) is 5.92 Å². The molecule has 0 saturated carbocycles. The van der Waals surface area contributed by atoms with Crippen molar-refractivity contribution in [3.8, 4) is 0 Å². The van der Waals surface area contributed by atoms with E-state index in [1.54, 1.807) is 6.20 Å². The van der Waals surface area contributed by atoms with E-state index in [0.29, 0.717) is 5.92 Å². The van der Waals surface area contributed by atoms with Gasteiger partial charge in [0, 0.05) is 24.9 Å². The summed E-state index contributed by atoms with van der Waals surface area (Å²) in [6, 6.07) is 20.9. The molecule has 0 radical (unpaired) electrons. The molecule has 2 heterocycles. The van der Waals surface area contributed by atoms with Crippen molar-refractivity contribution in [2.75, 3.05) is 13.2 Å². The summed E-state index contributed by atoms with van der Waals surface area (Å²) in [7, 11) is 2.08. The Morgan fingerprint density at radius 3 is 2.10 bits per heavy atom. The SMILES string of the molecule is BC=C(c1ccccc1)c1ccccc1.CCC(Cn1ccnc1)C1OCCO1. The van der Waals surface area contributed by atoms with Crippen LogP contribution in [0.3, 0.4) is 0 Å².